The van der Waals surface area contributed by atoms with Crippen LogP contribution < -0.4 is 4.72 Å². The highest BCUT2D eigenvalue weighted by molar-refractivity contribution is 9.10. The molecule has 0 saturated heterocycles. The van der Waals surface area contributed by atoms with Gasteiger partial charge in [0.1, 0.15) is 6.04 Å². The summed E-state index contributed by atoms with van der Waals surface area (Å²) in [6.45, 7) is -0.727. The second-order valence-corrected chi connectivity index (χ2v) is 5.57. The topological polar surface area (TPSA) is 123 Å². The number of carbonyl (C=O) groups excluding carboxylic acids is 1. The zero-order valence-corrected chi connectivity index (χ0v) is 11.9. The minimum Gasteiger partial charge on any atom is -0.468 e. The lowest BCUT2D eigenvalue weighted by Crippen LogP contribution is -2.44. The van der Waals surface area contributed by atoms with E-state index in [4.69, 9.17) is 5.11 Å². The number of hydrogen-bond acceptors (Lipinski definition) is 7. The van der Waals surface area contributed by atoms with Crippen LogP contribution in [0.1, 0.15) is 0 Å². The number of aromatic nitrogens is 3. The molecule has 0 amide bonds. The first-order valence-electron chi connectivity index (χ1n) is 4.59. The maximum Gasteiger partial charge on any atom is 0.326 e. The third-order valence-corrected chi connectivity index (χ3v) is 4.32. The molecule has 11 heteroatoms. The Hall–Kier alpha value is -1.04. The van der Waals surface area contributed by atoms with Gasteiger partial charge in [-0.05, 0) is 15.9 Å². The van der Waals surface area contributed by atoms with Gasteiger partial charge in [0.2, 0.25) is 5.03 Å². The molecule has 0 aliphatic rings. The fraction of sp³-hybridized carbons (Fsp3) is 0.571. The fourth-order valence-electron chi connectivity index (χ4n) is 1.15. The van der Waals surface area contributed by atoms with Crippen molar-refractivity contribution in [3.63, 3.8) is 0 Å². The molecule has 1 unspecified atom stereocenters. The molecule has 0 bridgehead atoms. The Bertz CT molecular complexity index is 523. The molecule has 1 heterocycles. The molecular weight excluding hydrogens is 332 g/mol. The number of nitrogens with zero attached hydrogens (tertiary/aromatic N) is 3. The number of sulfonamides is 1. The second-order valence-electron chi connectivity index (χ2n) is 3.19. The fourth-order valence-corrected chi connectivity index (χ4v) is 3.42. The number of aliphatic hydroxyl groups is 1. The Morgan fingerprint density at radius 2 is 2.28 bits per heavy atom. The van der Waals surface area contributed by atoms with Gasteiger partial charge in [-0.15, -0.1) is 5.10 Å². The molecule has 2 N–H and O–H groups in total. The molecule has 1 atom stereocenters. The Morgan fingerprint density at radius 1 is 1.67 bits per heavy atom. The second kappa shape index (κ2) is 5.73. The molecular formula is C7H11BrN4O5S. The zero-order valence-electron chi connectivity index (χ0n) is 9.49. The van der Waals surface area contributed by atoms with Crippen LogP contribution in [0.4, 0.5) is 0 Å². The number of aryl methyl sites for hydroxylation is 1. The monoisotopic (exact) mass is 342 g/mol. The summed E-state index contributed by atoms with van der Waals surface area (Å²) in [5.41, 5.74) is 0. The van der Waals surface area contributed by atoms with Gasteiger partial charge < -0.3 is 9.84 Å². The van der Waals surface area contributed by atoms with Crippen LogP contribution in [0.15, 0.2) is 9.63 Å². The van der Waals surface area contributed by atoms with Crippen LogP contribution in [0.2, 0.25) is 0 Å². The summed E-state index contributed by atoms with van der Waals surface area (Å²) in [4.78, 5) is 11.2. The molecule has 1 rings (SSSR count). The molecule has 1 aromatic rings. The average Bonchev–Trinajstić information content (AvgIpc) is 2.65. The van der Waals surface area contributed by atoms with Crippen LogP contribution in [0, 0.1) is 0 Å². The Morgan fingerprint density at radius 3 is 2.67 bits per heavy atom. The summed E-state index contributed by atoms with van der Waals surface area (Å²) in [6, 6.07) is -1.39. The van der Waals surface area contributed by atoms with Gasteiger partial charge in [0.25, 0.3) is 10.0 Å². The first-order chi connectivity index (χ1) is 8.33. The highest BCUT2D eigenvalue weighted by atomic mass is 79.9. The summed E-state index contributed by atoms with van der Waals surface area (Å²) in [6.07, 6.45) is 0. The number of rotatable bonds is 5. The first kappa shape index (κ1) is 15.0. The Balaban J connectivity index is 3.05. The van der Waals surface area contributed by atoms with Gasteiger partial charge in [-0.1, -0.05) is 5.21 Å². The van der Waals surface area contributed by atoms with E-state index in [1.165, 1.54) is 7.05 Å². The molecule has 0 aliphatic heterocycles. The number of esters is 1. The lowest BCUT2D eigenvalue weighted by molar-refractivity contribution is -0.143. The summed E-state index contributed by atoms with van der Waals surface area (Å²) in [7, 11) is -1.61. The molecule has 0 saturated carbocycles. The van der Waals surface area contributed by atoms with Gasteiger partial charge in [0.15, 0.2) is 4.60 Å². The van der Waals surface area contributed by atoms with E-state index in [1.54, 1.807) is 0 Å². The number of aliphatic hydroxyl groups excluding tert-OH is 1. The molecule has 0 spiro atoms. The number of carbonyl (C=O) groups is 1. The highest BCUT2D eigenvalue weighted by Gasteiger charge is 2.30. The van der Waals surface area contributed by atoms with Crippen LogP contribution >= 0.6 is 15.9 Å². The van der Waals surface area contributed by atoms with Gasteiger partial charge in [-0.3, -0.25) is 4.79 Å². The van der Waals surface area contributed by atoms with Gasteiger partial charge in [0.05, 0.1) is 13.7 Å². The summed E-state index contributed by atoms with van der Waals surface area (Å²) < 4.78 is 31.3. The number of methoxy groups -OCH3 is 1. The first-order valence-corrected chi connectivity index (χ1v) is 6.87. The van der Waals surface area contributed by atoms with E-state index >= 15 is 0 Å². The van der Waals surface area contributed by atoms with E-state index in [2.05, 4.69) is 31.0 Å². The predicted octanol–water partition coefficient (Wildman–Crippen LogP) is -1.61. The van der Waals surface area contributed by atoms with Gasteiger partial charge in [-0.25, -0.2) is 13.1 Å². The predicted molar refractivity (Wildman–Crippen MR) is 61.9 cm³/mol. The van der Waals surface area contributed by atoms with Crippen molar-refractivity contribution in [3.8, 4) is 0 Å². The quantitative estimate of drug-likeness (QED) is 0.617. The standard InChI is InChI=1S/C7H11BrN4O5S/c1-12-6(5(8)9-11-12)18(15,16)10-4(3-13)7(14)17-2/h4,10,13H,3H2,1-2H3. The van der Waals surface area contributed by atoms with E-state index in [0.29, 0.717) is 0 Å². The molecule has 9 nitrogen and oxygen atoms in total. The number of hydrogen-bond donors (Lipinski definition) is 2. The third-order valence-electron chi connectivity index (χ3n) is 1.96. The zero-order chi connectivity index (χ0) is 13.9. The molecule has 18 heavy (non-hydrogen) atoms. The minimum atomic E-state index is -4.06. The number of halogens is 1. The van der Waals surface area contributed by atoms with Gasteiger partial charge >= 0.3 is 5.97 Å². The number of nitrogens with one attached hydrogen (secondary N) is 1. The van der Waals surface area contributed by atoms with Crippen LogP contribution in [-0.2, 0) is 26.6 Å². The van der Waals surface area contributed by atoms with Crippen molar-refractivity contribution in [1.82, 2.24) is 19.7 Å². The summed E-state index contributed by atoms with van der Waals surface area (Å²) >= 11 is 2.93. The lowest BCUT2D eigenvalue weighted by atomic mass is 10.3. The highest BCUT2D eigenvalue weighted by Crippen LogP contribution is 2.17. The van der Waals surface area contributed by atoms with Gasteiger partial charge in [0, 0.05) is 7.05 Å². The minimum absolute atomic E-state index is 0.000874. The molecule has 0 radical (unpaired) electrons. The van der Waals surface area contributed by atoms with Crippen molar-refractivity contribution in [2.75, 3.05) is 13.7 Å². The summed E-state index contributed by atoms with van der Waals surface area (Å²) in [5, 5.41) is 15.7. The Kier molecular flexibility index (Phi) is 4.78. The lowest BCUT2D eigenvalue weighted by Gasteiger charge is -2.13. The van der Waals surface area contributed by atoms with E-state index in [1.807, 2.05) is 4.72 Å². The SMILES string of the molecule is COC(=O)C(CO)NS(=O)(=O)c1c(Br)nnn1C. The van der Waals surface area contributed by atoms with Crippen LogP contribution in [-0.4, -0.2) is 54.2 Å². The average molecular weight is 343 g/mol. The Labute approximate surface area is 111 Å². The van der Waals surface area contributed by atoms with Crippen LogP contribution in [0.5, 0.6) is 0 Å². The number of ether oxygens (including phenoxy) is 1. The largest absolute Gasteiger partial charge is 0.468 e. The molecule has 0 fully saturated rings. The van der Waals surface area contributed by atoms with Crippen molar-refractivity contribution >= 4 is 31.9 Å². The van der Waals surface area contributed by atoms with Crippen LogP contribution in [0.3, 0.4) is 0 Å². The van der Waals surface area contributed by atoms with Crippen molar-refractivity contribution in [2.24, 2.45) is 7.05 Å². The van der Waals surface area contributed by atoms with E-state index in [-0.39, 0.29) is 9.63 Å². The normalized spacial score (nSPS) is 13.3. The molecule has 0 aliphatic carbocycles. The van der Waals surface area contributed by atoms with E-state index in [9.17, 15) is 13.2 Å². The van der Waals surface area contributed by atoms with Gasteiger partial charge in [-0.2, -0.15) is 4.72 Å². The van der Waals surface area contributed by atoms with Crippen molar-refractivity contribution < 1.29 is 23.1 Å². The van der Waals surface area contributed by atoms with E-state index in [0.717, 1.165) is 11.8 Å². The van der Waals surface area contributed by atoms with Crippen molar-refractivity contribution in [3.05, 3.63) is 4.60 Å². The van der Waals surface area contributed by atoms with Crippen molar-refractivity contribution in [2.45, 2.75) is 11.1 Å². The van der Waals surface area contributed by atoms with E-state index < -0.39 is 28.6 Å². The van der Waals surface area contributed by atoms with Crippen molar-refractivity contribution in [1.29, 1.82) is 0 Å². The molecule has 1 aromatic heterocycles. The maximum atomic E-state index is 12.0. The smallest absolute Gasteiger partial charge is 0.326 e. The molecule has 102 valence electrons. The third kappa shape index (κ3) is 3.04. The maximum absolute atomic E-state index is 12.0. The molecule has 0 aromatic carbocycles. The summed E-state index contributed by atoms with van der Waals surface area (Å²) in [5.74, 6) is -0.896. The van der Waals surface area contributed by atoms with Crippen LogP contribution in [0.25, 0.3) is 0 Å².